The summed E-state index contributed by atoms with van der Waals surface area (Å²) < 4.78 is 10.3. The Labute approximate surface area is 214 Å². The lowest BCUT2D eigenvalue weighted by atomic mass is 10.1. The molecule has 2 aromatic rings. The number of hydroxylamine groups is 2. The number of nitrogens with zero attached hydrogens (tertiary/aromatic N) is 1. The molecule has 3 rings (SSSR count). The van der Waals surface area contributed by atoms with Crippen LogP contribution in [0.4, 0.5) is 9.59 Å². The summed E-state index contributed by atoms with van der Waals surface area (Å²) in [6, 6.07) is 17.1. The number of unbranched alkanes of at least 4 members (excludes halogenated alkanes) is 1. The predicted octanol–water partition coefficient (Wildman–Crippen LogP) is 2.99. The van der Waals surface area contributed by atoms with Gasteiger partial charge in [0.2, 0.25) is 0 Å². The second kappa shape index (κ2) is 14.2. The third-order valence-corrected chi connectivity index (χ3v) is 5.38. The topological polar surface area (TPSA) is 140 Å². The van der Waals surface area contributed by atoms with E-state index < -0.39 is 36.0 Å². The number of hydrogen-bond donors (Lipinski definition) is 2. The fraction of sp³-hybridized carbons (Fsp3) is 0.346. The van der Waals surface area contributed by atoms with Crippen molar-refractivity contribution in [3.63, 3.8) is 0 Å². The molecule has 0 radical (unpaired) electrons. The quantitative estimate of drug-likeness (QED) is 0.327. The van der Waals surface area contributed by atoms with Gasteiger partial charge >= 0.3 is 18.2 Å². The first-order chi connectivity index (χ1) is 17.9. The monoisotopic (exact) mass is 511 g/mol. The van der Waals surface area contributed by atoms with Gasteiger partial charge < -0.3 is 24.9 Å². The molecular weight excluding hydrogens is 482 g/mol. The maximum absolute atomic E-state index is 12.7. The molecule has 0 saturated carbocycles. The standard InChI is InChI=1S/C26H29N3O8/c30-22-14-15-23(31)29(22)37-24(32)21(28-26(34)36-18-20-11-5-2-6-12-20)13-7-8-16-27-25(33)35-17-19-9-3-1-4-10-19/h1-6,9-12,21H,7-8,13-18H2,(H,27,33)(H,28,34)/t21-/m0/s1. The molecule has 2 N–H and O–H groups in total. The second-order valence-corrected chi connectivity index (χ2v) is 8.24. The minimum Gasteiger partial charge on any atom is -0.445 e. The van der Waals surface area contributed by atoms with Gasteiger partial charge in [-0.25, -0.2) is 14.4 Å². The zero-order chi connectivity index (χ0) is 26.5. The zero-order valence-corrected chi connectivity index (χ0v) is 20.2. The Bertz CT molecular complexity index is 1060. The minimum absolute atomic E-state index is 0.00739. The van der Waals surface area contributed by atoms with Crippen molar-refractivity contribution in [2.24, 2.45) is 0 Å². The smallest absolute Gasteiger partial charge is 0.408 e. The van der Waals surface area contributed by atoms with Gasteiger partial charge in [0.1, 0.15) is 19.3 Å². The molecule has 0 spiro atoms. The number of nitrogens with one attached hydrogen (secondary N) is 2. The molecule has 1 heterocycles. The molecule has 1 aliphatic rings. The van der Waals surface area contributed by atoms with Crippen molar-refractivity contribution in [2.75, 3.05) is 6.54 Å². The Balaban J connectivity index is 1.44. The van der Waals surface area contributed by atoms with E-state index in [0.717, 1.165) is 11.1 Å². The van der Waals surface area contributed by atoms with E-state index >= 15 is 0 Å². The van der Waals surface area contributed by atoms with Crippen molar-refractivity contribution in [2.45, 2.75) is 51.4 Å². The van der Waals surface area contributed by atoms with Crippen LogP contribution < -0.4 is 10.6 Å². The maximum atomic E-state index is 12.7. The molecule has 1 aliphatic heterocycles. The van der Waals surface area contributed by atoms with Gasteiger partial charge in [-0.1, -0.05) is 60.7 Å². The van der Waals surface area contributed by atoms with Crippen LogP contribution >= 0.6 is 0 Å². The Morgan fingerprint density at radius 1 is 0.784 bits per heavy atom. The van der Waals surface area contributed by atoms with E-state index in [4.69, 9.17) is 14.3 Å². The molecule has 4 amide bonds. The van der Waals surface area contributed by atoms with Crippen LogP contribution in [-0.4, -0.2) is 47.6 Å². The van der Waals surface area contributed by atoms with Crippen LogP contribution in [0.1, 0.15) is 43.2 Å². The van der Waals surface area contributed by atoms with Gasteiger partial charge in [-0.05, 0) is 30.4 Å². The van der Waals surface area contributed by atoms with Gasteiger partial charge in [0.15, 0.2) is 0 Å². The van der Waals surface area contributed by atoms with Gasteiger partial charge in [-0.2, -0.15) is 0 Å². The molecule has 1 atom stereocenters. The molecule has 11 nitrogen and oxygen atoms in total. The Morgan fingerprint density at radius 2 is 1.32 bits per heavy atom. The summed E-state index contributed by atoms with van der Waals surface area (Å²) in [5.74, 6) is -2.21. The maximum Gasteiger partial charge on any atom is 0.408 e. The van der Waals surface area contributed by atoms with Crippen LogP contribution in [0.15, 0.2) is 60.7 Å². The SMILES string of the molecule is O=C(NCCCC[C@H](NC(=O)OCc1ccccc1)C(=O)ON1C(=O)CCC1=O)OCc1ccccc1. The van der Waals surface area contributed by atoms with Crippen LogP contribution in [0.25, 0.3) is 0 Å². The van der Waals surface area contributed by atoms with E-state index in [1.54, 1.807) is 24.3 Å². The van der Waals surface area contributed by atoms with Crippen molar-refractivity contribution in [3.05, 3.63) is 71.8 Å². The molecule has 11 heteroatoms. The van der Waals surface area contributed by atoms with E-state index in [1.165, 1.54) is 0 Å². The normalized spacial score (nSPS) is 13.6. The van der Waals surface area contributed by atoms with Gasteiger partial charge in [0, 0.05) is 19.4 Å². The summed E-state index contributed by atoms with van der Waals surface area (Å²) >= 11 is 0. The van der Waals surface area contributed by atoms with E-state index in [2.05, 4.69) is 10.6 Å². The number of hydrogen-bond acceptors (Lipinski definition) is 8. The van der Waals surface area contributed by atoms with E-state index in [1.807, 2.05) is 36.4 Å². The molecule has 2 aromatic carbocycles. The van der Waals surface area contributed by atoms with E-state index in [0.29, 0.717) is 17.9 Å². The molecule has 0 unspecified atom stereocenters. The summed E-state index contributed by atoms with van der Waals surface area (Å²) in [7, 11) is 0. The number of amides is 4. The zero-order valence-electron chi connectivity index (χ0n) is 20.2. The lowest BCUT2D eigenvalue weighted by molar-refractivity contribution is -0.199. The van der Waals surface area contributed by atoms with Gasteiger partial charge in [-0.15, -0.1) is 5.06 Å². The average Bonchev–Trinajstić information content (AvgIpc) is 3.23. The fourth-order valence-corrected chi connectivity index (χ4v) is 3.41. The van der Waals surface area contributed by atoms with Crippen molar-refractivity contribution in [3.8, 4) is 0 Å². The number of imide groups is 1. The highest BCUT2D eigenvalue weighted by molar-refractivity contribution is 6.01. The molecule has 1 fully saturated rings. The van der Waals surface area contributed by atoms with Crippen molar-refractivity contribution < 1.29 is 38.3 Å². The summed E-state index contributed by atoms with van der Waals surface area (Å²) in [4.78, 5) is 65.4. The van der Waals surface area contributed by atoms with Crippen molar-refractivity contribution in [1.29, 1.82) is 0 Å². The number of rotatable bonds is 12. The molecular formula is C26H29N3O8. The number of benzene rings is 2. The number of carbonyl (C=O) groups excluding carboxylic acids is 5. The van der Waals surface area contributed by atoms with Gasteiger partial charge in [0.25, 0.3) is 11.8 Å². The predicted molar refractivity (Wildman–Crippen MR) is 129 cm³/mol. The average molecular weight is 512 g/mol. The number of alkyl carbamates (subject to hydrolysis) is 2. The lowest BCUT2D eigenvalue weighted by Gasteiger charge is -2.20. The molecule has 0 aliphatic carbocycles. The van der Waals surface area contributed by atoms with Crippen LogP contribution in [0.5, 0.6) is 0 Å². The number of ether oxygens (including phenoxy) is 2. The highest BCUT2D eigenvalue weighted by atomic mass is 16.7. The highest BCUT2D eigenvalue weighted by Gasteiger charge is 2.35. The van der Waals surface area contributed by atoms with Crippen LogP contribution in [0, 0.1) is 0 Å². The van der Waals surface area contributed by atoms with Crippen LogP contribution in [0.3, 0.4) is 0 Å². The van der Waals surface area contributed by atoms with Crippen molar-refractivity contribution in [1.82, 2.24) is 15.7 Å². The molecule has 1 saturated heterocycles. The summed E-state index contributed by atoms with van der Waals surface area (Å²) in [5.41, 5.74) is 1.62. The third-order valence-electron chi connectivity index (χ3n) is 5.38. The summed E-state index contributed by atoms with van der Waals surface area (Å²) in [5, 5.41) is 5.48. The second-order valence-electron chi connectivity index (χ2n) is 8.24. The Morgan fingerprint density at radius 3 is 1.89 bits per heavy atom. The fourth-order valence-electron chi connectivity index (χ4n) is 3.41. The first-order valence-electron chi connectivity index (χ1n) is 11.9. The lowest BCUT2D eigenvalue weighted by Crippen LogP contribution is -2.45. The molecule has 196 valence electrons. The molecule has 37 heavy (non-hydrogen) atoms. The minimum atomic E-state index is -1.17. The first kappa shape index (κ1) is 27.2. The van der Waals surface area contributed by atoms with Gasteiger partial charge in [-0.3, -0.25) is 9.59 Å². The molecule has 0 bridgehead atoms. The third kappa shape index (κ3) is 9.28. The van der Waals surface area contributed by atoms with Crippen molar-refractivity contribution >= 4 is 30.0 Å². The van der Waals surface area contributed by atoms with Gasteiger partial charge in [0.05, 0.1) is 0 Å². The molecule has 0 aromatic heterocycles. The summed E-state index contributed by atoms with van der Waals surface area (Å²) in [6.07, 6.45) is -0.534. The highest BCUT2D eigenvalue weighted by Crippen LogP contribution is 2.14. The van der Waals surface area contributed by atoms with E-state index in [-0.39, 0.29) is 39.0 Å². The Kier molecular flexibility index (Phi) is 10.4. The van der Waals surface area contributed by atoms with Crippen LogP contribution in [0.2, 0.25) is 0 Å². The number of carbonyl (C=O) groups is 5. The largest absolute Gasteiger partial charge is 0.445 e. The summed E-state index contributed by atoms with van der Waals surface area (Å²) in [6.45, 7) is 0.410. The Hall–Kier alpha value is -4.41. The van der Waals surface area contributed by atoms with Crippen LogP contribution in [-0.2, 0) is 41.9 Å². The first-order valence-corrected chi connectivity index (χ1v) is 11.9. The van der Waals surface area contributed by atoms with E-state index in [9.17, 15) is 24.0 Å².